The van der Waals surface area contributed by atoms with E-state index in [1.54, 1.807) is 0 Å². The summed E-state index contributed by atoms with van der Waals surface area (Å²) in [5.74, 6) is -1.68. The lowest BCUT2D eigenvalue weighted by molar-refractivity contribution is -0.143. The van der Waals surface area contributed by atoms with Gasteiger partial charge >= 0.3 is 5.97 Å². The summed E-state index contributed by atoms with van der Waals surface area (Å²) in [5, 5.41) is 9.01. The molecule has 2 rings (SSSR count). The van der Waals surface area contributed by atoms with Crippen LogP contribution < -0.4 is 4.72 Å². The number of carbonyl (C=O) groups is 1. The molecule has 0 radical (unpaired) electrons. The van der Waals surface area contributed by atoms with E-state index in [2.05, 4.69) is 4.72 Å². The minimum absolute atomic E-state index is 0.00879. The van der Waals surface area contributed by atoms with Gasteiger partial charge in [0.15, 0.2) is 0 Å². The molecule has 0 aromatic heterocycles. The molecule has 2 unspecified atom stereocenters. The van der Waals surface area contributed by atoms with E-state index in [4.69, 9.17) is 5.11 Å². The predicted octanol–water partition coefficient (Wildman–Crippen LogP) is 1.99. The molecule has 0 saturated heterocycles. The highest BCUT2D eigenvalue weighted by molar-refractivity contribution is 7.89. The van der Waals surface area contributed by atoms with E-state index >= 15 is 0 Å². The Kier molecular flexibility index (Phi) is 4.95. The van der Waals surface area contributed by atoms with E-state index in [-0.39, 0.29) is 23.3 Å². The van der Waals surface area contributed by atoms with Crippen molar-refractivity contribution in [1.29, 1.82) is 0 Å². The Bertz CT molecular complexity index is 600. The Balaban J connectivity index is 1.95. The average Bonchev–Trinajstić information content (AvgIpc) is 2.46. The number of hydrogen-bond donors (Lipinski definition) is 2. The second-order valence-corrected chi connectivity index (χ2v) is 7.14. The van der Waals surface area contributed by atoms with Crippen molar-refractivity contribution in [2.24, 2.45) is 11.8 Å². The van der Waals surface area contributed by atoms with E-state index in [0.717, 1.165) is 25.0 Å². The molecule has 0 heterocycles. The molecule has 1 aromatic carbocycles. The second kappa shape index (κ2) is 6.53. The lowest BCUT2D eigenvalue weighted by Gasteiger charge is -2.26. The number of carboxylic acids is 1. The van der Waals surface area contributed by atoms with Crippen molar-refractivity contribution in [3.05, 3.63) is 30.1 Å². The van der Waals surface area contributed by atoms with Crippen LogP contribution >= 0.6 is 0 Å². The van der Waals surface area contributed by atoms with Crippen LogP contribution in [0.25, 0.3) is 0 Å². The van der Waals surface area contributed by atoms with Crippen molar-refractivity contribution >= 4 is 16.0 Å². The molecule has 1 fully saturated rings. The summed E-state index contributed by atoms with van der Waals surface area (Å²) in [6.07, 6.45) is 2.74. The quantitative estimate of drug-likeness (QED) is 0.870. The third-order valence-corrected chi connectivity index (χ3v) is 5.26. The maximum Gasteiger partial charge on any atom is 0.306 e. The van der Waals surface area contributed by atoms with Gasteiger partial charge in [-0.05, 0) is 49.4 Å². The zero-order valence-electron chi connectivity index (χ0n) is 11.5. The molecule has 2 N–H and O–H groups in total. The van der Waals surface area contributed by atoms with Crippen molar-refractivity contribution in [3.63, 3.8) is 0 Å². The molecule has 1 aliphatic rings. The van der Waals surface area contributed by atoms with Gasteiger partial charge in [0.25, 0.3) is 0 Å². The molecule has 2 atom stereocenters. The summed E-state index contributed by atoms with van der Waals surface area (Å²) >= 11 is 0. The molecule has 0 bridgehead atoms. The third kappa shape index (κ3) is 4.25. The summed E-state index contributed by atoms with van der Waals surface area (Å²) in [7, 11) is -3.68. The lowest BCUT2D eigenvalue weighted by Crippen LogP contribution is -2.33. The summed E-state index contributed by atoms with van der Waals surface area (Å²) in [4.78, 5) is 11.0. The fourth-order valence-corrected chi connectivity index (χ4v) is 3.74. The van der Waals surface area contributed by atoms with Gasteiger partial charge in [0.05, 0.1) is 10.8 Å². The average molecular weight is 315 g/mol. The normalized spacial score (nSPS) is 22.9. The molecule has 5 nitrogen and oxygen atoms in total. The molecule has 7 heteroatoms. The van der Waals surface area contributed by atoms with E-state index in [9.17, 15) is 17.6 Å². The first-order chi connectivity index (χ1) is 9.88. The largest absolute Gasteiger partial charge is 0.481 e. The number of benzene rings is 1. The van der Waals surface area contributed by atoms with Gasteiger partial charge in [-0.2, -0.15) is 0 Å². The highest BCUT2D eigenvalue weighted by Gasteiger charge is 2.27. The number of hydrogen-bond acceptors (Lipinski definition) is 3. The smallest absolute Gasteiger partial charge is 0.306 e. The maximum atomic E-state index is 12.8. The first-order valence-corrected chi connectivity index (χ1v) is 8.35. The second-order valence-electron chi connectivity index (χ2n) is 5.37. The highest BCUT2D eigenvalue weighted by atomic mass is 32.2. The molecule has 0 amide bonds. The van der Waals surface area contributed by atoms with Gasteiger partial charge in [-0.3, -0.25) is 4.79 Å². The topological polar surface area (TPSA) is 83.5 Å². The molecule has 1 aromatic rings. The molecule has 0 spiro atoms. The number of carboxylic acid groups (broad SMARTS) is 1. The van der Waals surface area contributed by atoms with E-state index < -0.39 is 21.8 Å². The molecular formula is C14H18FNO4S. The standard InChI is InChI=1S/C14H18FNO4S/c15-12-4-6-13(7-5-12)21(19,20)16-9-10-2-1-3-11(8-10)14(17)18/h4-7,10-11,16H,1-3,8-9H2,(H,17,18). The Hall–Kier alpha value is -1.47. The lowest BCUT2D eigenvalue weighted by atomic mass is 9.81. The van der Waals surface area contributed by atoms with Crippen molar-refractivity contribution in [3.8, 4) is 0 Å². The van der Waals surface area contributed by atoms with Gasteiger partial charge < -0.3 is 5.11 Å². The Morgan fingerprint density at radius 3 is 2.57 bits per heavy atom. The number of sulfonamides is 1. The predicted molar refractivity (Wildman–Crippen MR) is 74.7 cm³/mol. The molecule has 0 aliphatic heterocycles. The van der Waals surface area contributed by atoms with Crippen molar-refractivity contribution in [2.75, 3.05) is 6.54 Å². The SMILES string of the molecule is O=C(O)C1CCCC(CNS(=O)(=O)c2ccc(F)cc2)C1. The summed E-state index contributed by atoms with van der Waals surface area (Å²) in [5.41, 5.74) is 0. The molecule has 116 valence electrons. The van der Waals surface area contributed by atoms with Gasteiger partial charge in [0.2, 0.25) is 10.0 Å². The minimum Gasteiger partial charge on any atom is -0.481 e. The van der Waals surface area contributed by atoms with Crippen LogP contribution in [0.2, 0.25) is 0 Å². The Labute approximate surface area is 123 Å². The summed E-state index contributed by atoms with van der Waals surface area (Å²) in [6, 6.07) is 4.60. The fourth-order valence-electron chi connectivity index (χ4n) is 2.63. The highest BCUT2D eigenvalue weighted by Crippen LogP contribution is 2.29. The van der Waals surface area contributed by atoms with Crippen molar-refractivity contribution in [2.45, 2.75) is 30.6 Å². The third-order valence-electron chi connectivity index (χ3n) is 3.82. The number of nitrogens with one attached hydrogen (secondary N) is 1. The van der Waals surface area contributed by atoms with Crippen LogP contribution in [0.5, 0.6) is 0 Å². The van der Waals surface area contributed by atoms with Gasteiger partial charge in [-0.25, -0.2) is 17.5 Å². The van der Waals surface area contributed by atoms with Crippen LogP contribution in [0.1, 0.15) is 25.7 Å². The Morgan fingerprint density at radius 1 is 1.29 bits per heavy atom. The summed E-state index contributed by atoms with van der Waals surface area (Å²) in [6.45, 7) is 0.212. The Morgan fingerprint density at radius 2 is 1.95 bits per heavy atom. The van der Waals surface area contributed by atoms with Crippen LogP contribution in [0, 0.1) is 17.7 Å². The van der Waals surface area contributed by atoms with Crippen LogP contribution in [-0.2, 0) is 14.8 Å². The van der Waals surface area contributed by atoms with Crippen molar-refractivity contribution in [1.82, 2.24) is 4.72 Å². The molecule has 1 saturated carbocycles. The van der Waals surface area contributed by atoms with E-state index in [0.29, 0.717) is 12.8 Å². The van der Waals surface area contributed by atoms with Crippen LogP contribution in [-0.4, -0.2) is 26.0 Å². The first kappa shape index (κ1) is 15.9. The van der Waals surface area contributed by atoms with Crippen molar-refractivity contribution < 1.29 is 22.7 Å². The van der Waals surface area contributed by atoms with Gasteiger partial charge in [-0.15, -0.1) is 0 Å². The van der Waals surface area contributed by atoms with E-state index in [1.807, 2.05) is 0 Å². The van der Waals surface area contributed by atoms with Gasteiger partial charge in [0, 0.05) is 6.54 Å². The number of aliphatic carboxylic acids is 1. The minimum atomic E-state index is -3.68. The number of halogens is 1. The van der Waals surface area contributed by atoms with Gasteiger partial charge in [0.1, 0.15) is 5.82 Å². The number of rotatable bonds is 5. The molecular weight excluding hydrogens is 297 g/mol. The van der Waals surface area contributed by atoms with Crippen LogP contribution in [0.15, 0.2) is 29.2 Å². The van der Waals surface area contributed by atoms with E-state index in [1.165, 1.54) is 12.1 Å². The zero-order chi connectivity index (χ0) is 15.5. The maximum absolute atomic E-state index is 12.8. The first-order valence-electron chi connectivity index (χ1n) is 6.86. The molecule has 1 aliphatic carbocycles. The van der Waals surface area contributed by atoms with Crippen LogP contribution in [0.3, 0.4) is 0 Å². The monoisotopic (exact) mass is 315 g/mol. The molecule has 21 heavy (non-hydrogen) atoms. The van der Waals surface area contributed by atoms with Crippen LogP contribution in [0.4, 0.5) is 4.39 Å². The zero-order valence-corrected chi connectivity index (χ0v) is 12.3. The fraction of sp³-hybridized carbons (Fsp3) is 0.500. The van der Waals surface area contributed by atoms with Gasteiger partial charge in [-0.1, -0.05) is 6.42 Å². The summed E-state index contributed by atoms with van der Waals surface area (Å²) < 4.78 is 39.4.